The summed E-state index contributed by atoms with van der Waals surface area (Å²) >= 11 is 0. The lowest BCUT2D eigenvalue weighted by molar-refractivity contribution is -0.140. The van der Waals surface area contributed by atoms with Gasteiger partial charge in [0.15, 0.2) is 0 Å². The summed E-state index contributed by atoms with van der Waals surface area (Å²) in [6.07, 6.45) is 2.70. The molecular formula is C41H40O4. The number of carbonyl (C=O) groups excluding carboxylic acids is 2. The van der Waals surface area contributed by atoms with Gasteiger partial charge in [-0.2, -0.15) is 0 Å². The molecule has 0 atom stereocenters. The molecule has 0 aliphatic carbocycles. The second-order valence-corrected chi connectivity index (χ2v) is 11.9. The lowest BCUT2D eigenvalue weighted by Crippen LogP contribution is -2.06. The minimum Gasteiger partial charge on any atom is -0.462 e. The lowest BCUT2D eigenvalue weighted by atomic mass is 9.89. The van der Waals surface area contributed by atoms with Crippen molar-refractivity contribution in [2.45, 2.75) is 53.6 Å². The molecule has 228 valence electrons. The summed E-state index contributed by atoms with van der Waals surface area (Å²) in [6, 6.07) is 30.3. The molecule has 0 unspecified atom stereocenters. The first-order valence-corrected chi connectivity index (χ1v) is 15.4. The molecule has 0 heterocycles. The van der Waals surface area contributed by atoms with Gasteiger partial charge in [-0.1, -0.05) is 79.9 Å². The van der Waals surface area contributed by atoms with Crippen molar-refractivity contribution in [3.63, 3.8) is 0 Å². The van der Waals surface area contributed by atoms with E-state index in [1.807, 2.05) is 12.1 Å². The Morgan fingerprint density at radius 2 is 1.07 bits per heavy atom. The molecule has 0 radical (unpaired) electrons. The number of carbonyl (C=O) groups is 2. The molecule has 0 N–H and O–H groups in total. The smallest absolute Gasteiger partial charge is 0.333 e. The SMILES string of the molecule is C=C(C)C(=O)OCCCCc1cccc(-c2ccc3c(c2)c(C)c(C)c2cc(-c4cccc(COC(=O)C(=C)C)c4)ccc23)c1. The normalized spacial score (nSPS) is 11.0. The number of rotatable bonds is 11. The van der Waals surface area contributed by atoms with Gasteiger partial charge in [-0.15, -0.1) is 0 Å². The summed E-state index contributed by atoms with van der Waals surface area (Å²) < 4.78 is 10.6. The second kappa shape index (κ2) is 13.8. The van der Waals surface area contributed by atoms with E-state index < -0.39 is 0 Å². The third kappa shape index (κ3) is 7.24. The molecule has 0 bridgehead atoms. The van der Waals surface area contributed by atoms with Crippen LogP contribution in [0.1, 0.15) is 48.9 Å². The Balaban J connectivity index is 1.38. The summed E-state index contributed by atoms with van der Waals surface area (Å²) in [5.41, 5.74) is 10.2. The summed E-state index contributed by atoms with van der Waals surface area (Å²) in [5, 5.41) is 4.97. The van der Waals surface area contributed by atoms with Gasteiger partial charge in [0.25, 0.3) is 0 Å². The first-order valence-electron chi connectivity index (χ1n) is 15.4. The molecule has 4 heteroatoms. The predicted molar refractivity (Wildman–Crippen MR) is 185 cm³/mol. The fraction of sp³-hybridized carbons (Fsp3) is 0.220. The van der Waals surface area contributed by atoms with Crippen LogP contribution in [0.4, 0.5) is 0 Å². The van der Waals surface area contributed by atoms with E-state index in [1.165, 1.54) is 49.4 Å². The van der Waals surface area contributed by atoms with E-state index in [0.717, 1.165) is 36.0 Å². The highest BCUT2D eigenvalue weighted by atomic mass is 16.5. The van der Waals surface area contributed by atoms with Gasteiger partial charge in [-0.25, -0.2) is 9.59 Å². The topological polar surface area (TPSA) is 52.6 Å². The number of hydrogen-bond acceptors (Lipinski definition) is 4. The number of hydrogen-bond donors (Lipinski definition) is 0. The van der Waals surface area contributed by atoms with Crippen LogP contribution < -0.4 is 0 Å². The highest BCUT2D eigenvalue weighted by Gasteiger charge is 2.13. The maximum atomic E-state index is 11.9. The quantitative estimate of drug-likeness (QED) is 0.0659. The standard InChI is InChI=1S/C41H40O4/c1-26(2)40(42)44-20-8-7-11-30-12-9-14-32(21-30)34-16-18-36-37-19-17-35(24-39(37)29(6)28(5)38(36)23-34)33-15-10-13-31(22-33)25-45-41(43)27(3)4/h9-10,12-19,21-24H,1,3,7-8,11,20,25H2,2,4-6H3. The molecule has 0 saturated heterocycles. The summed E-state index contributed by atoms with van der Waals surface area (Å²) in [6.45, 7) is 15.7. The third-order valence-electron chi connectivity index (χ3n) is 8.38. The van der Waals surface area contributed by atoms with Crippen LogP contribution in [0.15, 0.2) is 109 Å². The molecule has 45 heavy (non-hydrogen) atoms. The van der Waals surface area contributed by atoms with Crippen molar-refractivity contribution in [1.29, 1.82) is 0 Å². The molecule has 0 fully saturated rings. The van der Waals surface area contributed by atoms with Gasteiger partial charge in [0.1, 0.15) is 6.61 Å². The first kappa shape index (κ1) is 31.5. The number of fused-ring (bicyclic) bond motifs is 3. The van der Waals surface area contributed by atoms with Crippen molar-refractivity contribution in [3.8, 4) is 22.3 Å². The fourth-order valence-corrected chi connectivity index (χ4v) is 5.68. The van der Waals surface area contributed by atoms with E-state index >= 15 is 0 Å². The molecule has 0 saturated carbocycles. The highest BCUT2D eigenvalue weighted by Crippen LogP contribution is 2.37. The Bertz CT molecular complexity index is 1950. The molecule has 4 nitrogen and oxygen atoms in total. The van der Waals surface area contributed by atoms with E-state index in [9.17, 15) is 9.59 Å². The second-order valence-electron chi connectivity index (χ2n) is 11.9. The Kier molecular flexibility index (Phi) is 9.63. The number of esters is 2. The number of ether oxygens (including phenoxy) is 2. The van der Waals surface area contributed by atoms with Gasteiger partial charge >= 0.3 is 11.9 Å². The molecule has 0 spiro atoms. The summed E-state index contributed by atoms with van der Waals surface area (Å²) in [4.78, 5) is 23.5. The van der Waals surface area contributed by atoms with Gasteiger partial charge in [0, 0.05) is 11.1 Å². The van der Waals surface area contributed by atoms with Crippen molar-refractivity contribution in [2.24, 2.45) is 0 Å². The molecule has 0 amide bonds. The first-order chi connectivity index (χ1) is 21.6. The van der Waals surface area contributed by atoms with E-state index in [2.05, 4.69) is 99.8 Å². The van der Waals surface area contributed by atoms with Gasteiger partial charge in [-0.05, 0) is 131 Å². The summed E-state index contributed by atoms with van der Waals surface area (Å²) in [5.74, 6) is -0.701. The molecule has 5 rings (SSSR count). The minimum atomic E-state index is -0.379. The average Bonchev–Trinajstić information content (AvgIpc) is 3.05. The van der Waals surface area contributed by atoms with Gasteiger partial charge in [0.2, 0.25) is 0 Å². The van der Waals surface area contributed by atoms with Crippen molar-refractivity contribution >= 4 is 33.5 Å². The van der Waals surface area contributed by atoms with Crippen LogP contribution in [0.5, 0.6) is 0 Å². The van der Waals surface area contributed by atoms with E-state index in [4.69, 9.17) is 9.47 Å². The zero-order chi connectivity index (χ0) is 32.1. The zero-order valence-corrected chi connectivity index (χ0v) is 26.7. The van der Waals surface area contributed by atoms with Crippen molar-refractivity contribution < 1.29 is 19.1 Å². The number of unbranched alkanes of at least 4 members (excludes halogenated alkanes) is 1. The zero-order valence-electron chi connectivity index (χ0n) is 26.7. The Labute approximate surface area is 266 Å². The predicted octanol–water partition coefficient (Wildman–Crippen LogP) is 10.0. The van der Waals surface area contributed by atoms with Crippen LogP contribution in [0.25, 0.3) is 43.8 Å². The van der Waals surface area contributed by atoms with Crippen molar-refractivity contribution in [3.05, 3.63) is 131 Å². The lowest BCUT2D eigenvalue weighted by Gasteiger charge is -2.15. The fourth-order valence-electron chi connectivity index (χ4n) is 5.68. The van der Waals surface area contributed by atoms with Gasteiger partial charge in [0.05, 0.1) is 6.61 Å². The van der Waals surface area contributed by atoms with E-state index in [1.54, 1.807) is 13.8 Å². The van der Waals surface area contributed by atoms with Gasteiger partial charge < -0.3 is 9.47 Å². The largest absolute Gasteiger partial charge is 0.462 e. The van der Waals surface area contributed by atoms with Crippen LogP contribution in [0, 0.1) is 13.8 Å². The maximum absolute atomic E-state index is 11.9. The summed E-state index contributed by atoms with van der Waals surface area (Å²) in [7, 11) is 0. The Morgan fingerprint density at radius 3 is 1.62 bits per heavy atom. The third-order valence-corrected chi connectivity index (χ3v) is 8.38. The van der Waals surface area contributed by atoms with Crippen LogP contribution in [0.3, 0.4) is 0 Å². The monoisotopic (exact) mass is 596 g/mol. The molecule has 0 aliphatic heterocycles. The van der Waals surface area contributed by atoms with E-state index in [0.29, 0.717) is 17.8 Å². The van der Waals surface area contributed by atoms with Crippen LogP contribution in [-0.4, -0.2) is 18.5 Å². The van der Waals surface area contributed by atoms with Gasteiger partial charge in [-0.3, -0.25) is 0 Å². The maximum Gasteiger partial charge on any atom is 0.333 e. The van der Waals surface area contributed by atoms with Crippen molar-refractivity contribution in [1.82, 2.24) is 0 Å². The van der Waals surface area contributed by atoms with Crippen LogP contribution in [0.2, 0.25) is 0 Å². The van der Waals surface area contributed by atoms with Crippen molar-refractivity contribution in [2.75, 3.05) is 6.61 Å². The van der Waals surface area contributed by atoms with Crippen LogP contribution in [-0.2, 0) is 32.1 Å². The number of aryl methyl sites for hydroxylation is 3. The van der Waals surface area contributed by atoms with E-state index in [-0.39, 0.29) is 18.5 Å². The minimum absolute atomic E-state index is 0.216. The number of benzene rings is 5. The molecular weight excluding hydrogens is 556 g/mol. The molecule has 0 aliphatic rings. The average molecular weight is 597 g/mol. The van der Waals surface area contributed by atoms with Crippen LogP contribution >= 0.6 is 0 Å². The molecule has 5 aromatic carbocycles. The molecule has 0 aromatic heterocycles. The highest BCUT2D eigenvalue weighted by molar-refractivity contribution is 6.12. The Hall–Kier alpha value is -4.96. The Morgan fingerprint density at radius 1 is 0.578 bits per heavy atom. The molecule has 5 aromatic rings.